The Kier molecular flexibility index (Phi) is 10.7. The van der Waals surface area contributed by atoms with Crippen LogP contribution in [0.25, 0.3) is 22.3 Å². The number of allylic oxidation sites excluding steroid dienone is 2. The predicted molar refractivity (Wildman–Crippen MR) is 230 cm³/mol. The van der Waals surface area contributed by atoms with Gasteiger partial charge in [0, 0.05) is 30.2 Å². The van der Waals surface area contributed by atoms with Gasteiger partial charge < -0.3 is 39.1 Å². The predicted octanol–water partition coefficient (Wildman–Crippen LogP) is 10.3. The first-order chi connectivity index (χ1) is 28.6. The number of carbonyl (C=O) groups is 2. The van der Waals surface area contributed by atoms with E-state index in [4.69, 9.17) is 18.6 Å². The van der Waals surface area contributed by atoms with Gasteiger partial charge in [0.25, 0.3) is 0 Å². The Labute approximate surface area is 358 Å². The fourth-order valence-corrected chi connectivity index (χ4v) is 14.3. The molecule has 0 radical (unpaired) electrons. The Bertz CT molecular complexity index is 2340. The van der Waals surface area contributed by atoms with Gasteiger partial charge in [-0.05, 0) is 128 Å². The van der Waals surface area contributed by atoms with E-state index in [2.05, 4.69) is 54.5 Å². The number of phenolic OH excluding ortho intramolecular Hbond substituents is 3. The third kappa shape index (κ3) is 7.01. The minimum atomic E-state index is -0.942. The molecule has 11 heteroatoms. The molecule has 4 saturated carbocycles. The van der Waals surface area contributed by atoms with Gasteiger partial charge in [0.15, 0.2) is 17.3 Å². The van der Waals surface area contributed by atoms with Gasteiger partial charge in [-0.3, -0.25) is 14.4 Å². The SMILES string of the molecule is CO[C@H]1CC[C@]2(C)[C@H](CC[C@@]3(C)CC4=CC[C@@H]5C(C)(C)[C@H](OC(=O)CCC(=O)Oc6cc(-c7oc8cc(O)cc(O)c8c(=O)c7O)ccc6O)CC[C@@]5(C)[C@@H]4CC[C@@H]32)C1(C)C. The summed E-state index contributed by atoms with van der Waals surface area (Å²) in [5.74, 6) is -1.89. The highest BCUT2D eigenvalue weighted by Crippen LogP contribution is 2.70. The van der Waals surface area contributed by atoms with Crippen LogP contribution in [0.4, 0.5) is 0 Å². The molecule has 0 bridgehead atoms. The molecule has 11 nitrogen and oxygen atoms in total. The zero-order valence-corrected chi connectivity index (χ0v) is 37.1. The van der Waals surface area contributed by atoms with Crippen molar-refractivity contribution in [2.45, 2.75) is 138 Å². The molecular weight excluding hydrogens is 777 g/mol. The zero-order valence-electron chi connectivity index (χ0n) is 37.1. The summed E-state index contributed by atoms with van der Waals surface area (Å²) in [5, 5.41) is 40.9. The maximum absolute atomic E-state index is 13.4. The van der Waals surface area contributed by atoms with Gasteiger partial charge in [-0.2, -0.15) is 0 Å². The molecular formula is C50H64O11. The van der Waals surface area contributed by atoms with Crippen molar-refractivity contribution in [1.82, 2.24) is 0 Å². The van der Waals surface area contributed by atoms with Crippen molar-refractivity contribution in [3.05, 3.63) is 52.2 Å². The van der Waals surface area contributed by atoms with Crippen LogP contribution in [-0.2, 0) is 19.1 Å². The van der Waals surface area contributed by atoms with Crippen molar-refractivity contribution >= 4 is 22.9 Å². The van der Waals surface area contributed by atoms with E-state index in [1.54, 1.807) is 5.57 Å². The fourth-order valence-electron chi connectivity index (χ4n) is 14.3. The van der Waals surface area contributed by atoms with Gasteiger partial charge in [0.1, 0.15) is 28.6 Å². The van der Waals surface area contributed by atoms with Crippen LogP contribution in [0.1, 0.15) is 126 Å². The normalized spacial score (nSPS) is 33.8. The number of carbonyl (C=O) groups excluding carboxylic acids is 2. The van der Waals surface area contributed by atoms with Crippen LogP contribution in [-0.4, -0.2) is 51.7 Å². The lowest BCUT2D eigenvalue weighted by molar-refractivity contribution is -0.178. The average molecular weight is 841 g/mol. The third-order valence-electron chi connectivity index (χ3n) is 17.3. The number of esters is 2. The molecule has 3 aromatic rings. The molecule has 8 rings (SSSR count). The molecule has 2 aromatic carbocycles. The molecule has 0 amide bonds. The maximum Gasteiger partial charge on any atom is 0.311 e. The first-order valence-electron chi connectivity index (χ1n) is 22.3. The van der Waals surface area contributed by atoms with Crippen LogP contribution in [0.15, 0.2) is 51.2 Å². The van der Waals surface area contributed by atoms with Crippen LogP contribution < -0.4 is 10.2 Å². The number of phenols is 3. The number of hydrogen-bond donors (Lipinski definition) is 4. The zero-order chi connectivity index (χ0) is 44.0. The van der Waals surface area contributed by atoms with E-state index in [9.17, 15) is 34.8 Å². The minimum Gasteiger partial charge on any atom is -0.508 e. The molecule has 330 valence electrons. The van der Waals surface area contributed by atoms with Gasteiger partial charge in [-0.15, -0.1) is 0 Å². The summed E-state index contributed by atoms with van der Waals surface area (Å²) in [6.45, 7) is 17.1. The van der Waals surface area contributed by atoms with Gasteiger partial charge in [-0.1, -0.05) is 60.1 Å². The lowest BCUT2D eigenvalue weighted by Crippen LogP contribution is -2.58. The summed E-state index contributed by atoms with van der Waals surface area (Å²) in [7, 11) is 1.89. The monoisotopic (exact) mass is 840 g/mol. The van der Waals surface area contributed by atoms with Gasteiger partial charge >= 0.3 is 11.9 Å². The second kappa shape index (κ2) is 15.1. The van der Waals surface area contributed by atoms with Crippen LogP contribution in [0.2, 0.25) is 0 Å². The average Bonchev–Trinajstić information content (AvgIpc) is 3.34. The van der Waals surface area contributed by atoms with E-state index in [1.807, 2.05) is 7.11 Å². The maximum atomic E-state index is 13.4. The highest BCUT2D eigenvalue weighted by Gasteiger charge is 2.63. The van der Waals surface area contributed by atoms with Crippen LogP contribution in [0.5, 0.6) is 28.7 Å². The van der Waals surface area contributed by atoms with E-state index in [0.717, 1.165) is 37.8 Å². The molecule has 0 saturated heterocycles. The van der Waals surface area contributed by atoms with E-state index >= 15 is 0 Å². The van der Waals surface area contributed by atoms with E-state index in [1.165, 1.54) is 56.7 Å². The smallest absolute Gasteiger partial charge is 0.311 e. The minimum absolute atomic E-state index is 0.0729. The van der Waals surface area contributed by atoms with Crippen LogP contribution >= 0.6 is 0 Å². The van der Waals surface area contributed by atoms with Crippen molar-refractivity contribution in [2.75, 3.05) is 7.11 Å². The Morgan fingerprint density at radius 1 is 0.754 bits per heavy atom. The fraction of sp³-hybridized carbons (Fsp3) is 0.620. The summed E-state index contributed by atoms with van der Waals surface area (Å²) in [5.41, 5.74) is 1.13. The van der Waals surface area contributed by atoms with E-state index in [-0.39, 0.29) is 74.4 Å². The summed E-state index contributed by atoms with van der Waals surface area (Å²) >= 11 is 0. The summed E-state index contributed by atoms with van der Waals surface area (Å²) in [4.78, 5) is 39.3. The molecule has 4 N–H and O–H groups in total. The largest absolute Gasteiger partial charge is 0.508 e. The van der Waals surface area contributed by atoms with Crippen molar-refractivity contribution < 1.29 is 48.6 Å². The van der Waals surface area contributed by atoms with Crippen molar-refractivity contribution in [3.8, 4) is 40.1 Å². The number of rotatable bonds is 7. The highest BCUT2D eigenvalue weighted by molar-refractivity contribution is 5.88. The van der Waals surface area contributed by atoms with Crippen molar-refractivity contribution in [2.24, 2.45) is 50.7 Å². The first-order valence-corrected chi connectivity index (χ1v) is 22.3. The molecule has 0 unspecified atom stereocenters. The number of aromatic hydroxyl groups is 4. The molecule has 5 aliphatic rings. The van der Waals surface area contributed by atoms with Gasteiger partial charge in [0.2, 0.25) is 11.2 Å². The lowest BCUT2D eigenvalue weighted by atomic mass is 9.42. The van der Waals surface area contributed by atoms with Gasteiger partial charge in [0.05, 0.1) is 18.9 Å². The molecule has 1 aromatic heterocycles. The Morgan fingerprint density at radius 3 is 2.18 bits per heavy atom. The van der Waals surface area contributed by atoms with Crippen LogP contribution in [0, 0.1) is 50.7 Å². The number of methoxy groups -OCH3 is 1. The summed E-state index contributed by atoms with van der Waals surface area (Å²) in [6, 6.07) is 5.80. The number of hydrogen-bond acceptors (Lipinski definition) is 11. The summed E-state index contributed by atoms with van der Waals surface area (Å²) in [6.07, 6.45) is 13.3. The number of ether oxygens (including phenoxy) is 3. The second-order valence-electron chi connectivity index (χ2n) is 21.2. The standard InChI is InChI=1S/C50H64O11/c1-46(2)36-17-20-48(5)26-28-10-13-35-47(3,4)39(19-21-49(35,6)30(28)11-14-37(48)50(36,7)22-18-38(46)58-8)61-41(55)16-15-40(54)59-33-23-27(9-12-31(33)52)45-44(57)43(56)42-32(53)24-29(51)25-34(42)60-45/h9-10,12,23-25,30,35-39,51-53,57H,11,13-22,26H2,1-8H3/t30-,35-,36-,37+,38+,39-,48+,49+,50-/m1/s1. The molecule has 9 atom stereocenters. The highest BCUT2D eigenvalue weighted by atomic mass is 16.6. The molecule has 5 aliphatic carbocycles. The Morgan fingerprint density at radius 2 is 1.44 bits per heavy atom. The van der Waals surface area contributed by atoms with E-state index < -0.39 is 34.6 Å². The molecule has 0 spiro atoms. The topological polar surface area (TPSA) is 173 Å². The van der Waals surface area contributed by atoms with Crippen molar-refractivity contribution in [1.29, 1.82) is 0 Å². The van der Waals surface area contributed by atoms with Crippen molar-refractivity contribution in [3.63, 3.8) is 0 Å². The Balaban J connectivity index is 0.916. The van der Waals surface area contributed by atoms with Gasteiger partial charge in [-0.25, -0.2) is 0 Å². The number of benzene rings is 2. The number of fused-ring (bicyclic) bond motifs is 7. The third-order valence-corrected chi connectivity index (χ3v) is 17.3. The molecule has 4 fully saturated rings. The summed E-state index contributed by atoms with van der Waals surface area (Å²) < 4.78 is 23.4. The second-order valence-corrected chi connectivity index (χ2v) is 21.2. The van der Waals surface area contributed by atoms with E-state index in [0.29, 0.717) is 35.2 Å². The molecule has 0 aliphatic heterocycles. The Hall–Kier alpha value is -4.51. The molecule has 61 heavy (non-hydrogen) atoms. The first kappa shape index (κ1) is 43.2. The quantitative estimate of drug-likeness (QED) is 0.101. The van der Waals surface area contributed by atoms with Crippen LogP contribution in [0.3, 0.4) is 0 Å². The molecule has 1 heterocycles. The lowest BCUT2D eigenvalue weighted by Gasteiger charge is -2.64.